The van der Waals surface area contributed by atoms with Gasteiger partial charge in [0, 0.05) is 36.7 Å². The van der Waals surface area contributed by atoms with Crippen LogP contribution in [0.25, 0.3) is 0 Å². The minimum Gasteiger partial charge on any atom is -0.497 e. The highest BCUT2D eigenvalue weighted by Crippen LogP contribution is 2.60. The number of methoxy groups -OCH3 is 1. The van der Waals surface area contributed by atoms with Crippen LogP contribution >= 0.6 is 0 Å². The highest BCUT2D eigenvalue weighted by Gasteiger charge is 2.66. The van der Waals surface area contributed by atoms with Crippen LogP contribution in [0, 0.1) is 5.92 Å². The molecule has 0 saturated carbocycles. The average Bonchev–Trinajstić information content (AvgIpc) is 3.88. The van der Waals surface area contributed by atoms with Gasteiger partial charge in [0.15, 0.2) is 5.60 Å². The summed E-state index contributed by atoms with van der Waals surface area (Å²) in [5.74, 6) is 0.582. The molecular formula is C39H47N3O6Si. The molecule has 0 aliphatic carbocycles. The third kappa shape index (κ3) is 5.58. The lowest BCUT2D eigenvalue weighted by atomic mass is 9.82. The molecule has 4 heterocycles. The molecule has 49 heavy (non-hydrogen) atoms. The number of carbonyl (C=O) groups is 3. The Morgan fingerprint density at radius 1 is 1.00 bits per heavy atom. The molecule has 7 rings (SSSR count). The molecule has 10 heteroatoms. The number of benzene rings is 3. The van der Waals surface area contributed by atoms with Crippen LogP contribution in [0.4, 0.5) is 11.4 Å². The van der Waals surface area contributed by atoms with Crippen molar-refractivity contribution >= 4 is 42.4 Å². The van der Waals surface area contributed by atoms with Crippen LogP contribution in [0.2, 0.25) is 18.6 Å². The van der Waals surface area contributed by atoms with Crippen LogP contribution in [0.3, 0.4) is 0 Å². The number of ether oxygens (including phenoxy) is 2. The van der Waals surface area contributed by atoms with Gasteiger partial charge in [-0.3, -0.25) is 14.4 Å². The number of likely N-dealkylation sites (tertiary alicyclic amines) is 1. The molecule has 4 aliphatic rings. The summed E-state index contributed by atoms with van der Waals surface area (Å²) >= 11 is 0. The topological polar surface area (TPSA) is 99.6 Å². The Morgan fingerprint density at radius 3 is 2.41 bits per heavy atom. The van der Waals surface area contributed by atoms with E-state index in [1.807, 2.05) is 75.4 Å². The van der Waals surface area contributed by atoms with Crippen LogP contribution in [0.15, 0.2) is 72.8 Å². The predicted octanol–water partition coefficient (Wildman–Crippen LogP) is 4.96. The number of amides is 3. The van der Waals surface area contributed by atoms with E-state index in [1.54, 1.807) is 7.11 Å². The third-order valence-corrected chi connectivity index (χ3v) is 16.0. The van der Waals surface area contributed by atoms with Crippen LogP contribution in [0.5, 0.6) is 5.75 Å². The van der Waals surface area contributed by atoms with Gasteiger partial charge in [0.1, 0.15) is 5.75 Å². The van der Waals surface area contributed by atoms with Gasteiger partial charge >= 0.3 is 0 Å². The molecule has 258 valence electrons. The molecule has 0 bridgehead atoms. The van der Waals surface area contributed by atoms with Gasteiger partial charge in [0.05, 0.1) is 52.6 Å². The van der Waals surface area contributed by atoms with E-state index in [4.69, 9.17) is 9.47 Å². The van der Waals surface area contributed by atoms with Crippen molar-refractivity contribution in [2.24, 2.45) is 5.92 Å². The zero-order valence-electron chi connectivity index (χ0n) is 28.9. The zero-order chi connectivity index (χ0) is 34.5. The molecule has 5 atom stereocenters. The molecule has 0 aromatic heterocycles. The van der Waals surface area contributed by atoms with Gasteiger partial charge in [-0.2, -0.15) is 0 Å². The normalized spacial score (nSPS) is 26.7. The smallest absolute Gasteiger partial charge is 0.264 e. The Morgan fingerprint density at radius 2 is 1.73 bits per heavy atom. The number of carbonyl (C=O) groups excluding carboxylic acids is 3. The minimum atomic E-state index is -2.41. The summed E-state index contributed by atoms with van der Waals surface area (Å²) in [7, 11) is -0.751. The highest BCUT2D eigenvalue weighted by molar-refractivity contribution is 6.91. The van der Waals surface area contributed by atoms with Crippen LogP contribution in [-0.2, 0) is 31.3 Å². The fraction of sp³-hybridized carbons (Fsp3) is 0.462. The fourth-order valence-corrected chi connectivity index (χ4v) is 13.2. The Bertz CT molecular complexity index is 1730. The third-order valence-electron chi connectivity index (χ3n) is 11.7. The summed E-state index contributed by atoms with van der Waals surface area (Å²) in [6.45, 7) is 8.44. The molecule has 4 aliphatic heterocycles. The van der Waals surface area contributed by atoms with Gasteiger partial charge in [-0.15, -0.1) is 0 Å². The van der Waals surface area contributed by atoms with Crippen molar-refractivity contribution < 1.29 is 29.0 Å². The summed E-state index contributed by atoms with van der Waals surface area (Å²) in [5, 5.41) is 11.2. The van der Waals surface area contributed by atoms with Gasteiger partial charge in [0.2, 0.25) is 11.8 Å². The molecule has 3 saturated heterocycles. The summed E-state index contributed by atoms with van der Waals surface area (Å²) < 4.78 is 12.6. The average molecular weight is 682 g/mol. The molecular weight excluding hydrogens is 635 g/mol. The molecule has 0 radical (unpaired) electrons. The second-order valence-corrected chi connectivity index (χ2v) is 19.3. The molecule has 9 nitrogen and oxygen atoms in total. The number of hydrogen-bond donors (Lipinski definition) is 1. The van der Waals surface area contributed by atoms with Gasteiger partial charge in [-0.1, -0.05) is 67.7 Å². The molecule has 3 aromatic carbocycles. The number of rotatable bonds is 9. The molecule has 3 aromatic rings. The lowest BCUT2D eigenvalue weighted by Crippen LogP contribution is -2.52. The lowest BCUT2D eigenvalue weighted by molar-refractivity contribution is -0.150. The van der Waals surface area contributed by atoms with E-state index in [-0.39, 0.29) is 48.3 Å². The molecule has 0 unspecified atom stereocenters. The minimum absolute atomic E-state index is 0.0255. The zero-order valence-corrected chi connectivity index (χ0v) is 29.9. The quantitative estimate of drug-likeness (QED) is 0.321. The van der Waals surface area contributed by atoms with Gasteiger partial charge < -0.3 is 29.3 Å². The number of nitrogens with zero attached hydrogens (tertiary/aromatic N) is 3. The number of para-hydroxylation sites is 1. The monoisotopic (exact) mass is 681 g/mol. The van der Waals surface area contributed by atoms with Crippen LogP contribution < -0.4 is 19.7 Å². The predicted molar refractivity (Wildman–Crippen MR) is 192 cm³/mol. The molecule has 1 spiro atoms. The number of aliphatic hydroxyl groups excluding tert-OH is 1. The first-order valence-electron chi connectivity index (χ1n) is 17.6. The summed E-state index contributed by atoms with van der Waals surface area (Å²) in [6, 6.07) is 23.9. The van der Waals surface area contributed by atoms with Crippen molar-refractivity contribution in [2.45, 2.75) is 82.0 Å². The van der Waals surface area contributed by atoms with Crippen molar-refractivity contribution in [1.29, 1.82) is 0 Å². The first-order chi connectivity index (χ1) is 23.6. The maximum absolute atomic E-state index is 15.0. The Hall–Kier alpha value is -3.99. The number of aliphatic hydroxyl groups is 1. The Balaban J connectivity index is 1.24. The second-order valence-electron chi connectivity index (χ2n) is 14.7. The Kier molecular flexibility index (Phi) is 8.92. The first kappa shape index (κ1) is 33.5. The maximum atomic E-state index is 15.0. The SMILES string of the molecule is COc1ccc([Si](C)(C)[C@@H]2[C@@H](CC(=O)N3CCC[C@H]3CO)O[C@]3(C(=O)N(Cc4ccc(N5CCCC5=O)cc4)c4ccccc43)[C@H]2C)cc1. The number of anilines is 2. The van der Waals surface area contributed by atoms with E-state index in [2.05, 4.69) is 32.2 Å². The van der Waals surface area contributed by atoms with Crippen LogP contribution in [-0.4, -0.2) is 74.8 Å². The molecule has 1 N–H and O–H groups in total. The van der Waals surface area contributed by atoms with E-state index in [9.17, 15) is 14.7 Å². The number of hydrogen-bond acceptors (Lipinski definition) is 6. The van der Waals surface area contributed by atoms with Crippen LogP contribution in [0.1, 0.15) is 50.2 Å². The standard InChI is InChI=1S/C39H47N3O6Si/c1-26-37(49(3,4)31-19-17-30(47-2)18-20-31)34(23-36(45)41-21-7-9-29(41)25-43)48-39(26)32-10-5-6-11-33(32)42(38(39)46)24-27-13-15-28(16-14-27)40-22-8-12-35(40)44/h5-6,10-11,13-20,26,29,34,37,43H,7-9,12,21-25H2,1-4H3/t26-,29-,34+,37-,39+/m0/s1. The first-order valence-corrected chi connectivity index (χ1v) is 20.7. The van der Waals surface area contributed by atoms with Crippen molar-refractivity contribution in [3.05, 3.63) is 83.9 Å². The second kappa shape index (κ2) is 13.0. The van der Waals surface area contributed by atoms with Crippen molar-refractivity contribution in [1.82, 2.24) is 4.90 Å². The van der Waals surface area contributed by atoms with E-state index in [0.717, 1.165) is 54.1 Å². The maximum Gasteiger partial charge on any atom is 0.264 e. The number of fused-ring (bicyclic) bond motifs is 2. The van der Waals surface area contributed by atoms with Crippen molar-refractivity contribution in [3.8, 4) is 5.75 Å². The van der Waals surface area contributed by atoms with Gasteiger partial charge in [0.25, 0.3) is 5.91 Å². The summed E-state index contributed by atoms with van der Waals surface area (Å²) in [5.41, 5.74) is 2.21. The molecule has 3 fully saturated rings. The molecule has 3 amide bonds. The van der Waals surface area contributed by atoms with Gasteiger partial charge in [-0.05, 0) is 60.7 Å². The van der Waals surface area contributed by atoms with Gasteiger partial charge in [-0.25, -0.2) is 0 Å². The summed E-state index contributed by atoms with van der Waals surface area (Å²) in [6.07, 6.45) is 2.78. The highest BCUT2D eigenvalue weighted by atomic mass is 28.3. The Labute approximate surface area is 289 Å². The van der Waals surface area contributed by atoms with E-state index in [0.29, 0.717) is 19.5 Å². The van der Waals surface area contributed by atoms with Crippen molar-refractivity contribution in [3.63, 3.8) is 0 Å². The fourth-order valence-electron chi connectivity index (χ4n) is 9.15. The van der Waals surface area contributed by atoms with E-state index < -0.39 is 19.8 Å². The lowest BCUT2D eigenvalue weighted by Gasteiger charge is -2.37. The largest absolute Gasteiger partial charge is 0.497 e. The van der Waals surface area contributed by atoms with E-state index in [1.165, 1.54) is 5.19 Å². The van der Waals surface area contributed by atoms with Crippen molar-refractivity contribution in [2.75, 3.05) is 36.6 Å². The summed E-state index contributed by atoms with van der Waals surface area (Å²) in [4.78, 5) is 46.8. The van der Waals surface area contributed by atoms with E-state index >= 15 is 4.79 Å².